The van der Waals surface area contributed by atoms with Gasteiger partial charge in [0.15, 0.2) is 0 Å². The number of hydrogen-bond donors (Lipinski definition) is 1. The predicted molar refractivity (Wildman–Crippen MR) is 73.0 cm³/mol. The zero-order valence-corrected chi connectivity index (χ0v) is 10.8. The van der Waals surface area contributed by atoms with E-state index in [4.69, 9.17) is 0 Å². The van der Waals surface area contributed by atoms with Gasteiger partial charge in [0, 0.05) is 24.2 Å². The van der Waals surface area contributed by atoms with Crippen LogP contribution in [-0.4, -0.2) is 40.1 Å². The van der Waals surface area contributed by atoms with Crippen molar-refractivity contribution in [3.8, 4) is 0 Å². The van der Waals surface area contributed by atoms with Gasteiger partial charge in [-0.25, -0.2) is 0 Å². The number of benzene rings is 1. The molecule has 0 bridgehead atoms. The van der Waals surface area contributed by atoms with E-state index in [9.17, 15) is 9.90 Å². The molecule has 1 fully saturated rings. The lowest BCUT2D eigenvalue weighted by Gasteiger charge is -2.17. The first-order valence-corrected chi connectivity index (χ1v) is 6.49. The normalized spacial score (nSPS) is 19.1. The van der Waals surface area contributed by atoms with Gasteiger partial charge in [0.1, 0.15) is 0 Å². The number of hydrogen-bond acceptors (Lipinski definition) is 3. The number of para-hydroxylation sites is 1. The monoisotopic (exact) mass is 256 g/mol. The Hall–Kier alpha value is -1.94. The molecule has 1 aliphatic rings. The highest BCUT2D eigenvalue weighted by Gasteiger charge is 2.26. The van der Waals surface area contributed by atoms with E-state index in [0.717, 1.165) is 16.6 Å². The number of amides is 1. The number of pyridine rings is 1. The van der Waals surface area contributed by atoms with Crippen molar-refractivity contribution in [2.24, 2.45) is 0 Å². The van der Waals surface area contributed by atoms with Gasteiger partial charge in [-0.1, -0.05) is 18.2 Å². The molecule has 4 heteroatoms. The molecule has 0 radical (unpaired) electrons. The molecule has 0 unspecified atom stereocenters. The molecule has 1 aromatic heterocycles. The predicted octanol–water partition coefficient (Wildman–Crippen LogP) is 1.75. The number of rotatable bonds is 1. The van der Waals surface area contributed by atoms with Crippen LogP contribution in [0.5, 0.6) is 0 Å². The summed E-state index contributed by atoms with van der Waals surface area (Å²) in [5.74, 6) is -0.0155. The van der Waals surface area contributed by atoms with E-state index in [2.05, 4.69) is 4.98 Å². The van der Waals surface area contributed by atoms with Gasteiger partial charge in [-0.15, -0.1) is 0 Å². The fourth-order valence-corrected chi connectivity index (χ4v) is 2.58. The molecule has 1 atom stereocenters. The molecule has 1 N–H and O–H groups in total. The standard InChI is InChI=1S/C15H16N2O2/c1-10-8-13(12-4-2-3-5-14(12)16-10)15(19)17-7-6-11(18)9-17/h2-5,8,11,18H,6-7,9H2,1H3/t11-/m1/s1. The van der Waals surface area contributed by atoms with E-state index in [0.29, 0.717) is 25.1 Å². The fraction of sp³-hybridized carbons (Fsp3) is 0.333. The molecule has 19 heavy (non-hydrogen) atoms. The van der Waals surface area contributed by atoms with E-state index in [1.54, 1.807) is 4.90 Å². The fourth-order valence-electron chi connectivity index (χ4n) is 2.58. The van der Waals surface area contributed by atoms with Crippen LogP contribution in [-0.2, 0) is 0 Å². The van der Waals surface area contributed by atoms with Gasteiger partial charge in [0.2, 0.25) is 0 Å². The van der Waals surface area contributed by atoms with Crippen LogP contribution in [0.3, 0.4) is 0 Å². The summed E-state index contributed by atoms with van der Waals surface area (Å²) in [6.45, 7) is 2.94. The van der Waals surface area contributed by atoms with E-state index in [1.165, 1.54) is 0 Å². The van der Waals surface area contributed by atoms with Crippen molar-refractivity contribution in [2.45, 2.75) is 19.4 Å². The van der Waals surface area contributed by atoms with Crippen LogP contribution >= 0.6 is 0 Å². The number of β-amino-alcohol motifs (C(OH)–C–C–N with tert-alkyl or cyclic N) is 1. The third-order valence-electron chi connectivity index (χ3n) is 3.53. The first-order chi connectivity index (χ1) is 9.15. The minimum Gasteiger partial charge on any atom is -0.391 e. The van der Waals surface area contributed by atoms with Gasteiger partial charge >= 0.3 is 0 Å². The lowest BCUT2D eigenvalue weighted by molar-refractivity contribution is 0.0766. The molecule has 0 saturated carbocycles. The lowest BCUT2D eigenvalue weighted by atomic mass is 10.1. The summed E-state index contributed by atoms with van der Waals surface area (Å²) in [5, 5.41) is 10.4. The van der Waals surface area contributed by atoms with Gasteiger partial charge in [0.05, 0.1) is 17.2 Å². The molecule has 1 amide bonds. The van der Waals surface area contributed by atoms with E-state index < -0.39 is 6.10 Å². The number of aryl methyl sites for hydroxylation is 1. The molecular formula is C15H16N2O2. The second kappa shape index (κ2) is 4.63. The molecule has 3 rings (SSSR count). The third kappa shape index (κ3) is 2.19. The van der Waals surface area contributed by atoms with Crippen LogP contribution in [0.25, 0.3) is 10.9 Å². The van der Waals surface area contributed by atoms with Crippen LogP contribution in [0.15, 0.2) is 30.3 Å². The summed E-state index contributed by atoms with van der Waals surface area (Å²) in [6.07, 6.45) is 0.270. The first kappa shape index (κ1) is 12.1. The van der Waals surface area contributed by atoms with Crippen LogP contribution in [0.1, 0.15) is 22.5 Å². The maximum Gasteiger partial charge on any atom is 0.254 e. The number of carbonyl (C=O) groups is 1. The smallest absolute Gasteiger partial charge is 0.254 e. The number of likely N-dealkylation sites (tertiary alicyclic amines) is 1. The molecule has 4 nitrogen and oxygen atoms in total. The van der Waals surface area contributed by atoms with Crippen molar-refractivity contribution in [1.29, 1.82) is 0 Å². The second-order valence-corrected chi connectivity index (χ2v) is 5.02. The largest absolute Gasteiger partial charge is 0.391 e. The molecule has 1 aromatic carbocycles. The number of nitrogens with zero attached hydrogens (tertiary/aromatic N) is 2. The maximum absolute atomic E-state index is 12.5. The number of aliphatic hydroxyl groups is 1. The Kier molecular flexibility index (Phi) is 2.95. The number of aliphatic hydroxyl groups excluding tert-OH is 1. The Morgan fingerprint density at radius 3 is 2.95 bits per heavy atom. The summed E-state index contributed by atoms with van der Waals surface area (Å²) in [5.41, 5.74) is 2.35. The van der Waals surface area contributed by atoms with Crippen LogP contribution in [0.4, 0.5) is 0 Å². The van der Waals surface area contributed by atoms with Crippen LogP contribution in [0.2, 0.25) is 0 Å². The SMILES string of the molecule is Cc1cc(C(=O)N2CC[C@@H](O)C2)c2ccccc2n1. The van der Waals surface area contributed by atoms with Gasteiger partial charge in [0.25, 0.3) is 5.91 Å². The van der Waals surface area contributed by atoms with Gasteiger partial charge in [-0.3, -0.25) is 9.78 Å². The molecule has 0 aliphatic carbocycles. The summed E-state index contributed by atoms with van der Waals surface area (Å²) in [4.78, 5) is 18.7. The second-order valence-electron chi connectivity index (χ2n) is 5.02. The minimum absolute atomic E-state index is 0.0155. The summed E-state index contributed by atoms with van der Waals surface area (Å²) >= 11 is 0. The average molecular weight is 256 g/mol. The highest BCUT2D eigenvalue weighted by atomic mass is 16.3. The molecule has 0 spiro atoms. The van der Waals surface area contributed by atoms with Crippen molar-refractivity contribution in [1.82, 2.24) is 9.88 Å². The van der Waals surface area contributed by atoms with Crippen molar-refractivity contribution >= 4 is 16.8 Å². The van der Waals surface area contributed by atoms with Gasteiger partial charge in [-0.05, 0) is 25.5 Å². The Labute approximate surface area is 111 Å². The molecule has 98 valence electrons. The molecule has 2 heterocycles. The highest BCUT2D eigenvalue weighted by Crippen LogP contribution is 2.21. The summed E-state index contributed by atoms with van der Waals surface area (Å²) in [7, 11) is 0. The number of carbonyl (C=O) groups excluding carboxylic acids is 1. The molecular weight excluding hydrogens is 240 g/mol. The van der Waals surface area contributed by atoms with Crippen molar-refractivity contribution in [3.05, 3.63) is 41.6 Å². The zero-order valence-electron chi connectivity index (χ0n) is 10.8. The topological polar surface area (TPSA) is 53.4 Å². The Morgan fingerprint density at radius 1 is 1.42 bits per heavy atom. The Morgan fingerprint density at radius 2 is 2.21 bits per heavy atom. The van der Waals surface area contributed by atoms with Crippen molar-refractivity contribution in [2.75, 3.05) is 13.1 Å². The van der Waals surface area contributed by atoms with E-state index in [-0.39, 0.29) is 5.91 Å². The highest BCUT2D eigenvalue weighted by molar-refractivity contribution is 6.06. The quantitative estimate of drug-likeness (QED) is 0.845. The third-order valence-corrected chi connectivity index (χ3v) is 3.53. The van der Waals surface area contributed by atoms with E-state index >= 15 is 0 Å². The summed E-state index contributed by atoms with van der Waals surface area (Å²) < 4.78 is 0. The number of fused-ring (bicyclic) bond motifs is 1. The van der Waals surface area contributed by atoms with Crippen LogP contribution in [0, 0.1) is 6.92 Å². The molecule has 1 aliphatic heterocycles. The lowest BCUT2D eigenvalue weighted by Crippen LogP contribution is -2.29. The Bertz CT molecular complexity index is 639. The van der Waals surface area contributed by atoms with Gasteiger partial charge < -0.3 is 10.0 Å². The van der Waals surface area contributed by atoms with Crippen molar-refractivity contribution < 1.29 is 9.90 Å². The zero-order chi connectivity index (χ0) is 13.4. The first-order valence-electron chi connectivity index (χ1n) is 6.49. The maximum atomic E-state index is 12.5. The van der Waals surface area contributed by atoms with Crippen molar-refractivity contribution in [3.63, 3.8) is 0 Å². The minimum atomic E-state index is -0.391. The summed E-state index contributed by atoms with van der Waals surface area (Å²) in [6, 6.07) is 9.49. The Balaban J connectivity index is 2.06. The van der Waals surface area contributed by atoms with Crippen LogP contribution < -0.4 is 0 Å². The van der Waals surface area contributed by atoms with E-state index in [1.807, 2.05) is 37.3 Å². The molecule has 2 aromatic rings. The number of aromatic nitrogens is 1. The average Bonchev–Trinajstić information content (AvgIpc) is 2.83. The van der Waals surface area contributed by atoms with Gasteiger partial charge in [-0.2, -0.15) is 0 Å². The molecule has 1 saturated heterocycles.